The Morgan fingerprint density at radius 3 is 2.67 bits per heavy atom. The lowest BCUT2D eigenvalue weighted by atomic mass is 10.2. The van der Waals surface area contributed by atoms with Gasteiger partial charge in [-0.1, -0.05) is 23.7 Å². The minimum absolute atomic E-state index is 0. The summed E-state index contributed by atoms with van der Waals surface area (Å²) in [6.45, 7) is 3.06. The average Bonchev–Trinajstić information content (AvgIpc) is 2.53. The molecule has 0 aliphatic heterocycles. The van der Waals surface area contributed by atoms with E-state index in [0.717, 1.165) is 22.6 Å². The van der Waals surface area contributed by atoms with Gasteiger partial charge in [0.1, 0.15) is 12.4 Å². The number of hydrogen-bond donors (Lipinski definition) is 2. The largest absolute Gasteiger partial charge is 0.489 e. The number of anilines is 1. The molecule has 0 aliphatic rings. The van der Waals surface area contributed by atoms with Crippen LogP contribution in [0.15, 0.2) is 42.5 Å². The molecule has 2 aromatic rings. The predicted octanol–water partition coefficient (Wildman–Crippen LogP) is 4.20. The zero-order valence-corrected chi connectivity index (χ0v) is 15.3. The Morgan fingerprint density at radius 2 is 2.00 bits per heavy atom. The molecule has 6 heteroatoms. The number of carbonyl (C=O) groups is 1. The highest BCUT2D eigenvalue weighted by Gasteiger charge is 2.06. The molecule has 2 N–H and O–H groups in total. The van der Waals surface area contributed by atoms with Crippen molar-refractivity contribution in [3.8, 4) is 5.75 Å². The molecule has 1 amide bonds. The van der Waals surface area contributed by atoms with Crippen LogP contribution in [-0.2, 0) is 11.4 Å². The highest BCUT2D eigenvalue weighted by molar-refractivity contribution is 6.30. The minimum atomic E-state index is -0.00459. The summed E-state index contributed by atoms with van der Waals surface area (Å²) in [6, 6.07) is 13.2. The summed E-state index contributed by atoms with van der Waals surface area (Å²) in [7, 11) is 1.82. The van der Waals surface area contributed by atoms with E-state index in [1.807, 2.05) is 56.4 Å². The fraction of sp³-hybridized carbons (Fsp3) is 0.278. The molecule has 0 radical (unpaired) electrons. The van der Waals surface area contributed by atoms with Crippen molar-refractivity contribution in [2.45, 2.75) is 20.0 Å². The summed E-state index contributed by atoms with van der Waals surface area (Å²) in [4.78, 5) is 11.8. The first kappa shape index (κ1) is 20.3. The highest BCUT2D eigenvalue weighted by atomic mass is 35.5. The van der Waals surface area contributed by atoms with Crippen molar-refractivity contribution in [1.29, 1.82) is 0 Å². The van der Waals surface area contributed by atoms with Crippen molar-refractivity contribution in [1.82, 2.24) is 5.32 Å². The van der Waals surface area contributed by atoms with E-state index < -0.39 is 0 Å². The van der Waals surface area contributed by atoms with Crippen molar-refractivity contribution in [3.63, 3.8) is 0 Å². The molecule has 4 nitrogen and oxygen atoms in total. The molecule has 0 saturated carbocycles. The lowest BCUT2D eigenvalue weighted by Gasteiger charge is -2.11. The minimum Gasteiger partial charge on any atom is -0.489 e. The van der Waals surface area contributed by atoms with E-state index in [9.17, 15) is 4.79 Å². The molecule has 0 atom stereocenters. The van der Waals surface area contributed by atoms with Crippen LogP contribution in [0.3, 0.4) is 0 Å². The summed E-state index contributed by atoms with van der Waals surface area (Å²) in [5, 5.41) is 6.55. The number of nitrogens with one attached hydrogen (secondary N) is 2. The molecule has 0 spiro atoms. The van der Waals surface area contributed by atoms with Gasteiger partial charge in [-0.2, -0.15) is 0 Å². The van der Waals surface area contributed by atoms with Crippen molar-refractivity contribution in [2.75, 3.05) is 18.9 Å². The Kier molecular flexibility index (Phi) is 8.61. The summed E-state index contributed by atoms with van der Waals surface area (Å²) in [5.74, 6) is 0.755. The lowest BCUT2D eigenvalue weighted by molar-refractivity contribution is -0.116. The van der Waals surface area contributed by atoms with Crippen LogP contribution < -0.4 is 15.4 Å². The van der Waals surface area contributed by atoms with Crippen molar-refractivity contribution >= 4 is 35.6 Å². The molecule has 0 aromatic heterocycles. The number of ether oxygens (including phenoxy) is 1. The maximum atomic E-state index is 11.8. The third kappa shape index (κ3) is 6.40. The monoisotopic (exact) mass is 368 g/mol. The summed E-state index contributed by atoms with van der Waals surface area (Å²) < 4.78 is 5.77. The van der Waals surface area contributed by atoms with Crippen molar-refractivity contribution in [3.05, 3.63) is 58.6 Å². The zero-order valence-electron chi connectivity index (χ0n) is 13.8. The number of amides is 1. The number of halogens is 2. The van der Waals surface area contributed by atoms with Gasteiger partial charge in [-0.3, -0.25) is 4.79 Å². The van der Waals surface area contributed by atoms with Crippen LogP contribution in [0.1, 0.15) is 17.5 Å². The third-order valence-corrected chi connectivity index (χ3v) is 3.60. The molecule has 2 aromatic carbocycles. The van der Waals surface area contributed by atoms with Crippen LogP contribution in [-0.4, -0.2) is 19.5 Å². The Morgan fingerprint density at radius 1 is 1.21 bits per heavy atom. The average molecular weight is 369 g/mol. The smallest absolute Gasteiger partial charge is 0.225 e. The van der Waals surface area contributed by atoms with Crippen molar-refractivity contribution in [2.24, 2.45) is 0 Å². The van der Waals surface area contributed by atoms with Gasteiger partial charge in [-0.25, -0.2) is 0 Å². The van der Waals surface area contributed by atoms with Gasteiger partial charge < -0.3 is 15.4 Å². The van der Waals surface area contributed by atoms with E-state index in [1.54, 1.807) is 0 Å². The summed E-state index contributed by atoms with van der Waals surface area (Å²) in [6.07, 6.45) is 0.447. The van der Waals surface area contributed by atoms with E-state index in [4.69, 9.17) is 16.3 Å². The second-order valence-electron chi connectivity index (χ2n) is 5.30. The van der Waals surface area contributed by atoms with E-state index in [2.05, 4.69) is 10.6 Å². The maximum absolute atomic E-state index is 11.8. The molecule has 0 saturated heterocycles. The van der Waals surface area contributed by atoms with Gasteiger partial charge in [-0.15, -0.1) is 12.4 Å². The third-order valence-electron chi connectivity index (χ3n) is 3.37. The normalized spacial score (nSPS) is 9.96. The fourth-order valence-electron chi connectivity index (χ4n) is 2.11. The molecule has 130 valence electrons. The van der Waals surface area contributed by atoms with E-state index in [-0.39, 0.29) is 18.3 Å². The van der Waals surface area contributed by atoms with E-state index >= 15 is 0 Å². The zero-order chi connectivity index (χ0) is 16.7. The maximum Gasteiger partial charge on any atom is 0.225 e. The Bertz CT molecular complexity index is 678. The Labute approximate surface area is 154 Å². The molecule has 0 unspecified atom stereocenters. The number of rotatable bonds is 7. The molecule has 2 rings (SSSR count). The molecular formula is C18H22Cl2N2O2. The summed E-state index contributed by atoms with van der Waals surface area (Å²) in [5.41, 5.74) is 2.78. The van der Waals surface area contributed by atoms with Gasteiger partial charge in [0.05, 0.1) is 0 Å². The van der Waals surface area contributed by atoms with Crippen molar-refractivity contribution < 1.29 is 9.53 Å². The van der Waals surface area contributed by atoms with E-state index in [1.165, 1.54) is 0 Å². The van der Waals surface area contributed by atoms with Crippen LogP contribution in [0, 0.1) is 6.92 Å². The first-order valence-corrected chi connectivity index (χ1v) is 7.88. The van der Waals surface area contributed by atoms with Crippen LogP contribution in [0.4, 0.5) is 5.69 Å². The Hall–Kier alpha value is -1.75. The fourth-order valence-corrected chi connectivity index (χ4v) is 2.32. The summed E-state index contributed by atoms with van der Waals surface area (Å²) >= 11 is 5.96. The number of hydrogen-bond acceptors (Lipinski definition) is 3. The molecule has 0 aliphatic carbocycles. The van der Waals surface area contributed by atoms with Crippen LogP contribution in [0.5, 0.6) is 5.75 Å². The molecular weight excluding hydrogens is 347 g/mol. The van der Waals surface area contributed by atoms with Crippen LogP contribution in [0.25, 0.3) is 0 Å². The molecule has 0 bridgehead atoms. The lowest BCUT2D eigenvalue weighted by Crippen LogP contribution is -2.19. The van der Waals surface area contributed by atoms with Gasteiger partial charge in [0.2, 0.25) is 5.91 Å². The predicted molar refractivity (Wildman–Crippen MR) is 101 cm³/mol. The molecule has 24 heavy (non-hydrogen) atoms. The van der Waals surface area contributed by atoms with Gasteiger partial charge in [0.25, 0.3) is 0 Å². The Balaban J connectivity index is 0.00000288. The molecule has 0 fully saturated rings. The van der Waals surface area contributed by atoms with Crippen LogP contribution in [0.2, 0.25) is 5.02 Å². The van der Waals surface area contributed by atoms with E-state index in [0.29, 0.717) is 24.6 Å². The second kappa shape index (κ2) is 10.2. The van der Waals surface area contributed by atoms with Gasteiger partial charge in [0, 0.05) is 23.7 Å². The first-order valence-electron chi connectivity index (χ1n) is 7.51. The highest BCUT2D eigenvalue weighted by Crippen LogP contribution is 2.22. The van der Waals surface area contributed by atoms with Gasteiger partial charge >= 0.3 is 0 Å². The number of benzene rings is 2. The standard InChI is InChI=1S/C18H21ClN2O2.ClH/c1-13-10-16(23-12-14-4-3-5-15(19)11-14)6-7-17(13)21-18(22)8-9-20-2;/h3-7,10-11,20H,8-9,12H2,1-2H3,(H,21,22);1H. The van der Waals surface area contributed by atoms with Crippen LogP contribution >= 0.6 is 24.0 Å². The molecule has 0 heterocycles. The number of aryl methyl sites for hydroxylation is 1. The van der Waals surface area contributed by atoms with Gasteiger partial charge in [0.15, 0.2) is 0 Å². The SMILES string of the molecule is CNCCC(=O)Nc1ccc(OCc2cccc(Cl)c2)cc1C.Cl. The van der Waals surface area contributed by atoms with Gasteiger partial charge in [-0.05, 0) is 55.4 Å². The second-order valence-corrected chi connectivity index (χ2v) is 5.73. The first-order chi connectivity index (χ1) is 11.1. The number of carbonyl (C=O) groups excluding carboxylic acids is 1. The topological polar surface area (TPSA) is 50.4 Å². The quantitative estimate of drug-likeness (QED) is 0.769.